The number of nitrogens with zero attached hydrogens (tertiary/aromatic N) is 3. The lowest BCUT2D eigenvalue weighted by Crippen LogP contribution is -2.24. The van der Waals surface area contributed by atoms with Crippen LogP contribution in [-0.2, 0) is 18.0 Å². The number of hydrogen-bond acceptors (Lipinski definition) is 5. The van der Waals surface area contributed by atoms with Gasteiger partial charge >= 0.3 is 0 Å². The highest BCUT2D eigenvalue weighted by atomic mass is 28.3. The number of anilines is 1. The van der Waals surface area contributed by atoms with E-state index in [-0.39, 0.29) is 11.2 Å². The van der Waals surface area contributed by atoms with Crippen LogP contribution >= 0.6 is 0 Å². The first kappa shape index (κ1) is 23.1. The third-order valence-corrected chi connectivity index (χ3v) is 6.68. The fourth-order valence-electron chi connectivity index (χ4n) is 3.17. The molecule has 0 spiro atoms. The Kier molecular flexibility index (Phi) is 7.22. The van der Waals surface area contributed by atoms with Crippen LogP contribution in [0.3, 0.4) is 0 Å². The molecule has 0 radical (unpaired) electrons. The zero-order valence-corrected chi connectivity index (χ0v) is 20.2. The molecule has 0 fully saturated rings. The summed E-state index contributed by atoms with van der Waals surface area (Å²) in [5.41, 5.74) is 7.52. The van der Waals surface area contributed by atoms with Gasteiger partial charge in [-0.2, -0.15) is 0 Å². The number of hydrogen-bond donors (Lipinski definition) is 1. The van der Waals surface area contributed by atoms with Gasteiger partial charge in [0.1, 0.15) is 23.8 Å². The molecule has 3 rings (SSSR count). The van der Waals surface area contributed by atoms with Gasteiger partial charge in [-0.25, -0.2) is 4.98 Å². The van der Waals surface area contributed by atoms with Crippen molar-refractivity contribution in [2.75, 3.05) is 18.9 Å². The molecule has 31 heavy (non-hydrogen) atoms. The highest BCUT2D eigenvalue weighted by molar-refractivity contribution is 6.76. The summed E-state index contributed by atoms with van der Waals surface area (Å²) in [5.74, 6) is 1.89. The molecule has 0 saturated carbocycles. The Hall–Kier alpha value is -2.58. The Bertz CT molecular complexity index is 1080. The van der Waals surface area contributed by atoms with Crippen molar-refractivity contribution in [3.05, 3.63) is 52.7 Å². The van der Waals surface area contributed by atoms with Gasteiger partial charge in [0.15, 0.2) is 0 Å². The number of benzene rings is 1. The predicted molar refractivity (Wildman–Crippen MR) is 128 cm³/mol. The maximum Gasteiger partial charge on any atom is 0.274 e. The van der Waals surface area contributed by atoms with Crippen LogP contribution in [0.5, 0.6) is 5.75 Å². The van der Waals surface area contributed by atoms with Crippen LogP contribution in [0.1, 0.15) is 19.7 Å². The Morgan fingerprint density at radius 2 is 1.94 bits per heavy atom. The Labute approximate surface area is 184 Å². The number of ether oxygens (including phenoxy) is 2. The zero-order valence-electron chi connectivity index (χ0n) is 19.2. The lowest BCUT2D eigenvalue weighted by Gasteiger charge is -2.16. The van der Waals surface area contributed by atoms with E-state index in [1.165, 1.54) is 0 Å². The average Bonchev–Trinajstić information content (AvgIpc) is 3.04. The second kappa shape index (κ2) is 9.70. The summed E-state index contributed by atoms with van der Waals surface area (Å²) in [4.78, 5) is 17.3. The molecular formula is C23H34N4O3Si. The number of aromatic nitrogens is 3. The molecule has 0 amide bonds. The minimum absolute atomic E-state index is 0.220. The van der Waals surface area contributed by atoms with Crippen LogP contribution in [0.25, 0.3) is 11.0 Å². The van der Waals surface area contributed by atoms with E-state index in [1.807, 2.05) is 22.8 Å². The van der Waals surface area contributed by atoms with Crippen LogP contribution in [0, 0.1) is 5.92 Å². The minimum Gasteiger partial charge on any atom is -0.491 e. The molecule has 2 N–H and O–H groups in total. The summed E-state index contributed by atoms with van der Waals surface area (Å²) >= 11 is 0. The lowest BCUT2D eigenvalue weighted by molar-refractivity contribution is 0.0877. The van der Waals surface area contributed by atoms with E-state index in [9.17, 15) is 4.79 Å². The van der Waals surface area contributed by atoms with E-state index in [4.69, 9.17) is 20.2 Å². The molecule has 0 unspecified atom stereocenters. The molecule has 0 aliphatic heterocycles. The second-order valence-corrected chi connectivity index (χ2v) is 15.2. The Morgan fingerprint density at radius 1 is 1.16 bits per heavy atom. The monoisotopic (exact) mass is 442 g/mol. The molecule has 2 heterocycles. The molecule has 7 nitrogen and oxygen atoms in total. The summed E-state index contributed by atoms with van der Waals surface area (Å²) < 4.78 is 15.6. The predicted octanol–water partition coefficient (Wildman–Crippen LogP) is 4.18. The average molecular weight is 443 g/mol. The smallest absolute Gasteiger partial charge is 0.274 e. The maximum atomic E-state index is 12.5. The van der Waals surface area contributed by atoms with Crippen LogP contribution in [0.4, 0.5) is 5.69 Å². The number of fused-ring (bicyclic) bond motifs is 1. The van der Waals surface area contributed by atoms with Gasteiger partial charge in [-0.3, -0.25) is 4.79 Å². The second-order valence-electron chi connectivity index (χ2n) is 9.53. The molecule has 0 atom stereocenters. The standard InChI is InChI=1S/C23H34N4O3Si/c1-17(2)15-30-20-10-6-9-19-22(20)25-21(14-26-11-7-8-18(24)23(26)28)27(19)16-29-12-13-31(3,4)5/h6-11,17H,12-16,24H2,1-5H3. The van der Waals surface area contributed by atoms with Gasteiger partial charge < -0.3 is 24.3 Å². The molecule has 3 aromatic rings. The fraction of sp³-hybridized carbons (Fsp3) is 0.478. The zero-order chi connectivity index (χ0) is 22.6. The third-order valence-electron chi connectivity index (χ3n) is 4.97. The van der Waals surface area contributed by atoms with Gasteiger partial charge in [0.2, 0.25) is 0 Å². The van der Waals surface area contributed by atoms with Crippen LogP contribution in [0.2, 0.25) is 25.7 Å². The van der Waals surface area contributed by atoms with Crippen molar-refractivity contribution in [3.8, 4) is 5.75 Å². The number of rotatable bonds is 10. The topological polar surface area (TPSA) is 84.3 Å². The molecule has 1 aromatic carbocycles. The number of pyridine rings is 1. The molecule has 8 heteroatoms. The van der Waals surface area contributed by atoms with Crippen molar-refractivity contribution >= 4 is 24.8 Å². The van der Waals surface area contributed by atoms with Crippen LogP contribution in [0.15, 0.2) is 41.3 Å². The van der Waals surface area contributed by atoms with Crippen LogP contribution in [-0.4, -0.2) is 35.4 Å². The third kappa shape index (κ3) is 5.98. The van der Waals surface area contributed by atoms with E-state index in [0.29, 0.717) is 32.4 Å². The van der Waals surface area contributed by atoms with Crippen molar-refractivity contribution in [2.24, 2.45) is 5.92 Å². The minimum atomic E-state index is -1.18. The normalized spacial score (nSPS) is 12.1. The molecular weight excluding hydrogens is 408 g/mol. The first-order valence-electron chi connectivity index (χ1n) is 10.8. The van der Waals surface area contributed by atoms with Crippen molar-refractivity contribution < 1.29 is 9.47 Å². The molecule has 0 saturated heterocycles. The summed E-state index contributed by atoms with van der Waals surface area (Å²) in [6.45, 7) is 13.2. The summed E-state index contributed by atoms with van der Waals surface area (Å²) in [6, 6.07) is 10.4. The van der Waals surface area contributed by atoms with Crippen molar-refractivity contribution in [1.29, 1.82) is 0 Å². The first-order chi connectivity index (χ1) is 14.7. The van der Waals surface area contributed by atoms with Crippen molar-refractivity contribution in [1.82, 2.24) is 14.1 Å². The molecule has 0 bridgehead atoms. The first-order valence-corrected chi connectivity index (χ1v) is 14.5. The SMILES string of the molecule is CC(C)COc1cccc2c1nc(Cn1cccc(N)c1=O)n2COCC[Si](C)(C)C. The van der Waals surface area contributed by atoms with Gasteiger partial charge in [0.05, 0.1) is 24.4 Å². The van der Waals surface area contributed by atoms with Gasteiger partial charge in [-0.1, -0.05) is 39.6 Å². The van der Waals surface area contributed by atoms with Crippen molar-refractivity contribution in [2.45, 2.75) is 52.8 Å². The number of nitrogen functional groups attached to an aromatic ring is 1. The number of imidazole rings is 1. The highest BCUT2D eigenvalue weighted by Gasteiger charge is 2.17. The van der Waals surface area contributed by atoms with Gasteiger partial charge in [-0.15, -0.1) is 0 Å². The lowest BCUT2D eigenvalue weighted by atomic mass is 10.2. The quantitative estimate of drug-likeness (QED) is 0.376. The highest BCUT2D eigenvalue weighted by Crippen LogP contribution is 2.27. The molecule has 168 valence electrons. The van der Waals surface area contributed by atoms with Gasteiger partial charge in [0.25, 0.3) is 5.56 Å². The van der Waals surface area contributed by atoms with E-state index in [0.717, 1.165) is 28.7 Å². The van der Waals surface area contributed by atoms with E-state index in [2.05, 4.69) is 33.5 Å². The van der Waals surface area contributed by atoms with E-state index >= 15 is 0 Å². The number of para-hydroxylation sites is 1. The Morgan fingerprint density at radius 3 is 2.65 bits per heavy atom. The van der Waals surface area contributed by atoms with E-state index < -0.39 is 8.07 Å². The maximum absolute atomic E-state index is 12.5. The molecule has 2 aromatic heterocycles. The van der Waals surface area contributed by atoms with E-state index in [1.54, 1.807) is 22.9 Å². The summed E-state index contributed by atoms with van der Waals surface area (Å²) in [5, 5.41) is 0. The Balaban J connectivity index is 1.96. The molecule has 0 aliphatic carbocycles. The summed E-state index contributed by atoms with van der Waals surface area (Å²) in [7, 11) is -1.18. The van der Waals surface area contributed by atoms with Gasteiger partial charge in [-0.05, 0) is 36.2 Å². The summed E-state index contributed by atoms with van der Waals surface area (Å²) in [6.07, 6.45) is 1.73. The molecule has 0 aliphatic rings. The fourth-order valence-corrected chi connectivity index (χ4v) is 3.93. The van der Waals surface area contributed by atoms with Gasteiger partial charge in [0, 0.05) is 20.9 Å². The van der Waals surface area contributed by atoms with Crippen molar-refractivity contribution in [3.63, 3.8) is 0 Å². The largest absolute Gasteiger partial charge is 0.491 e. The number of nitrogens with two attached hydrogens (primary N) is 1. The van der Waals surface area contributed by atoms with Crippen LogP contribution < -0.4 is 16.0 Å².